The van der Waals surface area contributed by atoms with E-state index in [0.29, 0.717) is 17.3 Å². The van der Waals surface area contributed by atoms with Crippen molar-refractivity contribution in [2.45, 2.75) is 13.0 Å². The van der Waals surface area contributed by atoms with E-state index in [1.165, 1.54) is 30.6 Å². The number of hydrogen-bond donors (Lipinski definition) is 1. The summed E-state index contributed by atoms with van der Waals surface area (Å²) in [6.45, 7) is -2.52. The van der Waals surface area contributed by atoms with Gasteiger partial charge in [0.25, 0.3) is 0 Å². The van der Waals surface area contributed by atoms with Crippen molar-refractivity contribution >= 4 is 34.9 Å². The quantitative estimate of drug-likeness (QED) is 0.683. The van der Waals surface area contributed by atoms with Crippen molar-refractivity contribution in [3.8, 4) is 11.5 Å². The number of amides is 1. The van der Waals surface area contributed by atoms with Gasteiger partial charge in [0.1, 0.15) is 0 Å². The monoisotopic (exact) mass is 387 g/mol. The van der Waals surface area contributed by atoms with E-state index in [2.05, 4.69) is 10.1 Å². The van der Waals surface area contributed by atoms with E-state index in [1.807, 2.05) is 6.07 Å². The standard InChI is InChI=1S/C17H16ClF2NO3S/c1-23-14-10-11(2-5-13(14)24-17(19)20)8-9-21-16(22)7-4-12-3-6-15(18)25-12/h2-7,10,17H,8-9H2,1H3,(H,21,22)/b7-4+. The summed E-state index contributed by atoms with van der Waals surface area (Å²) >= 11 is 7.19. The maximum absolute atomic E-state index is 12.3. The van der Waals surface area contributed by atoms with Gasteiger partial charge in [0.15, 0.2) is 11.5 Å². The number of halogens is 3. The third-order valence-electron chi connectivity index (χ3n) is 3.15. The first-order chi connectivity index (χ1) is 12.0. The van der Waals surface area contributed by atoms with Crippen LogP contribution < -0.4 is 14.8 Å². The zero-order chi connectivity index (χ0) is 18.2. The van der Waals surface area contributed by atoms with E-state index in [-0.39, 0.29) is 17.4 Å². The maximum Gasteiger partial charge on any atom is 0.387 e. The molecule has 0 spiro atoms. The number of rotatable bonds is 8. The minimum atomic E-state index is -2.91. The van der Waals surface area contributed by atoms with E-state index in [0.717, 1.165) is 10.4 Å². The number of carbonyl (C=O) groups is 1. The molecule has 0 aliphatic rings. The van der Waals surface area contributed by atoms with Crippen LogP contribution in [0.1, 0.15) is 10.4 Å². The molecule has 4 nitrogen and oxygen atoms in total. The molecule has 2 aromatic rings. The molecule has 0 saturated carbocycles. The molecule has 0 bridgehead atoms. The van der Waals surface area contributed by atoms with Crippen LogP contribution in [0.4, 0.5) is 8.78 Å². The van der Waals surface area contributed by atoms with Gasteiger partial charge in [-0.3, -0.25) is 4.79 Å². The summed E-state index contributed by atoms with van der Waals surface area (Å²) < 4.78 is 34.6. The molecule has 0 aliphatic heterocycles. The Labute approximate surface area is 153 Å². The molecular formula is C17H16ClF2NO3S. The van der Waals surface area contributed by atoms with Crippen LogP contribution in [0.15, 0.2) is 36.4 Å². The first kappa shape index (κ1) is 19.2. The SMILES string of the molecule is COc1cc(CCNC(=O)/C=C/c2ccc(Cl)s2)ccc1OC(F)F. The van der Waals surface area contributed by atoms with Gasteiger partial charge >= 0.3 is 6.61 Å². The fraction of sp³-hybridized carbons (Fsp3) is 0.235. The van der Waals surface area contributed by atoms with Crippen molar-refractivity contribution in [1.29, 1.82) is 0 Å². The van der Waals surface area contributed by atoms with Gasteiger partial charge in [-0.2, -0.15) is 8.78 Å². The summed E-state index contributed by atoms with van der Waals surface area (Å²) in [6, 6.07) is 8.26. The first-order valence-corrected chi connectivity index (χ1v) is 8.50. The second-order valence-corrected chi connectivity index (χ2v) is 6.63. The smallest absolute Gasteiger partial charge is 0.387 e. The zero-order valence-electron chi connectivity index (χ0n) is 13.3. The second-order valence-electron chi connectivity index (χ2n) is 4.88. The summed E-state index contributed by atoms with van der Waals surface area (Å²) in [5.74, 6) is -0.0319. The molecule has 1 aromatic carbocycles. The number of alkyl halides is 2. The molecule has 8 heteroatoms. The third kappa shape index (κ3) is 6.36. The molecule has 1 aromatic heterocycles. The molecular weight excluding hydrogens is 372 g/mol. The predicted octanol–water partition coefficient (Wildman–Crippen LogP) is 4.38. The number of ether oxygens (including phenoxy) is 2. The van der Waals surface area contributed by atoms with Crippen molar-refractivity contribution in [1.82, 2.24) is 5.32 Å². The number of thiophene rings is 1. The molecule has 0 aliphatic carbocycles. The molecule has 1 N–H and O–H groups in total. The average Bonchev–Trinajstić information content (AvgIpc) is 2.99. The Morgan fingerprint density at radius 2 is 2.12 bits per heavy atom. The van der Waals surface area contributed by atoms with Crippen molar-refractivity contribution in [2.24, 2.45) is 0 Å². The molecule has 0 saturated heterocycles. The van der Waals surface area contributed by atoms with Crippen LogP contribution in [0.2, 0.25) is 4.34 Å². The number of benzene rings is 1. The van der Waals surface area contributed by atoms with Crippen molar-refractivity contribution in [3.05, 3.63) is 51.2 Å². The highest BCUT2D eigenvalue weighted by molar-refractivity contribution is 7.17. The predicted molar refractivity (Wildman–Crippen MR) is 94.7 cm³/mol. The van der Waals surface area contributed by atoms with E-state index in [4.69, 9.17) is 16.3 Å². The van der Waals surface area contributed by atoms with Gasteiger partial charge in [0, 0.05) is 17.5 Å². The Balaban J connectivity index is 1.84. The van der Waals surface area contributed by atoms with Crippen LogP contribution >= 0.6 is 22.9 Å². The van der Waals surface area contributed by atoms with E-state index >= 15 is 0 Å². The molecule has 0 fully saturated rings. The van der Waals surface area contributed by atoms with Crippen LogP contribution in [0.5, 0.6) is 11.5 Å². The van der Waals surface area contributed by atoms with Gasteiger partial charge in [-0.1, -0.05) is 17.7 Å². The summed E-state index contributed by atoms with van der Waals surface area (Å²) in [5.41, 5.74) is 0.827. The largest absolute Gasteiger partial charge is 0.493 e. The summed E-state index contributed by atoms with van der Waals surface area (Å²) in [4.78, 5) is 12.6. The number of carbonyl (C=O) groups excluding carboxylic acids is 1. The fourth-order valence-electron chi connectivity index (χ4n) is 2.03. The molecule has 1 heterocycles. The number of methoxy groups -OCH3 is 1. The zero-order valence-corrected chi connectivity index (χ0v) is 14.9. The summed E-state index contributed by atoms with van der Waals surface area (Å²) in [5, 5.41) is 2.75. The lowest BCUT2D eigenvalue weighted by Crippen LogP contribution is -2.23. The molecule has 2 rings (SSSR count). The number of nitrogens with one attached hydrogen (secondary N) is 1. The molecule has 0 unspecified atom stereocenters. The molecule has 25 heavy (non-hydrogen) atoms. The van der Waals surface area contributed by atoms with E-state index in [9.17, 15) is 13.6 Å². The minimum absolute atomic E-state index is 0.0252. The highest BCUT2D eigenvalue weighted by atomic mass is 35.5. The van der Waals surface area contributed by atoms with Crippen molar-refractivity contribution in [2.75, 3.05) is 13.7 Å². The first-order valence-electron chi connectivity index (χ1n) is 7.31. The molecule has 134 valence electrons. The van der Waals surface area contributed by atoms with Crippen molar-refractivity contribution in [3.63, 3.8) is 0 Å². The van der Waals surface area contributed by atoms with Gasteiger partial charge in [0.05, 0.1) is 11.4 Å². The van der Waals surface area contributed by atoms with Crippen LogP contribution in [-0.2, 0) is 11.2 Å². The lowest BCUT2D eigenvalue weighted by Gasteiger charge is -2.11. The maximum atomic E-state index is 12.3. The van der Waals surface area contributed by atoms with Gasteiger partial charge in [-0.15, -0.1) is 11.3 Å². The highest BCUT2D eigenvalue weighted by Crippen LogP contribution is 2.29. The van der Waals surface area contributed by atoms with Crippen LogP contribution in [0.3, 0.4) is 0 Å². The lowest BCUT2D eigenvalue weighted by molar-refractivity contribution is -0.116. The lowest BCUT2D eigenvalue weighted by atomic mass is 10.1. The summed E-state index contributed by atoms with van der Waals surface area (Å²) in [7, 11) is 1.38. The Hall–Kier alpha value is -2.12. The number of hydrogen-bond acceptors (Lipinski definition) is 4. The van der Waals surface area contributed by atoms with Gasteiger partial charge in [-0.05, 0) is 42.3 Å². The van der Waals surface area contributed by atoms with Gasteiger partial charge < -0.3 is 14.8 Å². The molecule has 0 atom stereocenters. The Kier molecular flexibility index (Phi) is 7.21. The Morgan fingerprint density at radius 3 is 2.76 bits per heavy atom. The van der Waals surface area contributed by atoms with Crippen molar-refractivity contribution < 1.29 is 23.0 Å². The highest BCUT2D eigenvalue weighted by Gasteiger charge is 2.11. The van der Waals surface area contributed by atoms with Crippen LogP contribution in [0, 0.1) is 0 Å². The minimum Gasteiger partial charge on any atom is -0.493 e. The van der Waals surface area contributed by atoms with E-state index < -0.39 is 6.61 Å². The van der Waals surface area contributed by atoms with Crippen LogP contribution in [0.25, 0.3) is 6.08 Å². The topological polar surface area (TPSA) is 47.6 Å². The summed E-state index contributed by atoms with van der Waals surface area (Å²) in [6.07, 6.45) is 3.64. The Bertz CT molecular complexity index is 749. The van der Waals surface area contributed by atoms with Gasteiger partial charge in [0.2, 0.25) is 5.91 Å². The molecule has 0 radical (unpaired) electrons. The molecule has 1 amide bonds. The third-order valence-corrected chi connectivity index (χ3v) is 4.35. The Morgan fingerprint density at radius 1 is 1.32 bits per heavy atom. The second kappa shape index (κ2) is 9.39. The normalized spacial score (nSPS) is 11.1. The van der Waals surface area contributed by atoms with Crippen LogP contribution in [-0.4, -0.2) is 26.2 Å². The van der Waals surface area contributed by atoms with Gasteiger partial charge in [-0.25, -0.2) is 0 Å². The average molecular weight is 388 g/mol. The van der Waals surface area contributed by atoms with E-state index in [1.54, 1.807) is 24.3 Å². The fourth-order valence-corrected chi connectivity index (χ4v) is 2.99.